The molecule has 1 aromatic heterocycles. The van der Waals surface area contributed by atoms with Crippen LogP contribution in [0.2, 0.25) is 0 Å². The molecular formula is C22H34N4O2. The number of aromatic nitrogens is 2. The first-order chi connectivity index (χ1) is 13.5. The monoisotopic (exact) mass is 386 g/mol. The van der Waals surface area contributed by atoms with Gasteiger partial charge in [-0.2, -0.15) is 5.10 Å². The quantitative estimate of drug-likeness (QED) is 0.754. The molecule has 1 amide bonds. The van der Waals surface area contributed by atoms with Gasteiger partial charge in [-0.15, -0.1) is 0 Å². The fourth-order valence-corrected chi connectivity index (χ4v) is 5.31. The third kappa shape index (κ3) is 3.39. The Morgan fingerprint density at radius 3 is 2.89 bits per heavy atom. The third-order valence-electron chi connectivity index (χ3n) is 7.75. The average molecular weight is 387 g/mol. The molecule has 5 rings (SSSR count). The number of hydrogen-bond acceptors (Lipinski definition) is 4. The van der Waals surface area contributed by atoms with Gasteiger partial charge in [-0.05, 0) is 63.9 Å². The Morgan fingerprint density at radius 2 is 2.21 bits per heavy atom. The molecule has 2 aliphatic heterocycles. The van der Waals surface area contributed by atoms with Gasteiger partial charge in [-0.25, -0.2) is 0 Å². The summed E-state index contributed by atoms with van der Waals surface area (Å²) in [6.45, 7) is 5.75. The van der Waals surface area contributed by atoms with Crippen LogP contribution in [0.1, 0.15) is 63.3 Å². The van der Waals surface area contributed by atoms with E-state index in [2.05, 4.69) is 22.6 Å². The van der Waals surface area contributed by atoms with Gasteiger partial charge in [0.15, 0.2) is 0 Å². The van der Waals surface area contributed by atoms with Gasteiger partial charge >= 0.3 is 0 Å². The van der Waals surface area contributed by atoms with E-state index < -0.39 is 0 Å². The lowest BCUT2D eigenvalue weighted by Gasteiger charge is -2.54. The molecule has 28 heavy (non-hydrogen) atoms. The number of hydrogen-bond donors (Lipinski definition) is 0. The number of aryl methyl sites for hydroxylation is 2. The lowest BCUT2D eigenvalue weighted by Crippen LogP contribution is -2.63. The Balaban J connectivity index is 1.23. The first kappa shape index (κ1) is 18.6. The average Bonchev–Trinajstić information content (AvgIpc) is 3.29. The van der Waals surface area contributed by atoms with E-state index in [-0.39, 0.29) is 17.6 Å². The normalized spacial score (nSPS) is 27.4. The fraction of sp³-hybridized carbons (Fsp3) is 0.818. The minimum absolute atomic E-state index is 0.00189. The summed E-state index contributed by atoms with van der Waals surface area (Å²) < 4.78 is 8.41. The van der Waals surface area contributed by atoms with Gasteiger partial charge in [-0.1, -0.05) is 0 Å². The lowest BCUT2D eigenvalue weighted by molar-refractivity contribution is -0.158. The molecule has 2 atom stereocenters. The second-order valence-electron chi connectivity index (χ2n) is 9.63. The van der Waals surface area contributed by atoms with Crippen LogP contribution in [0.5, 0.6) is 0 Å². The molecule has 0 bridgehead atoms. The highest BCUT2D eigenvalue weighted by Crippen LogP contribution is 2.42. The van der Waals surface area contributed by atoms with E-state index in [9.17, 15) is 4.79 Å². The molecule has 0 N–H and O–H groups in total. The maximum absolute atomic E-state index is 12.8. The first-order valence-corrected chi connectivity index (χ1v) is 11.2. The zero-order valence-corrected chi connectivity index (χ0v) is 17.4. The third-order valence-corrected chi connectivity index (χ3v) is 7.75. The van der Waals surface area contributed by atoms with E-state index in [4.69, 9.17) is 9.84 Å². The largest absolute Gasteiger partial charge is 0.374 e. The Bertz CT molecular complexity index is 715. The number of fused-ring (bicyclic) bond motifs is 1. The molecule has 6 heteroatoms. The predicted octanol–water partition coefficient (Wildman–Crippen LogP) is 2.60. The Kier molecular flexibility index (Phi) is 4.74. The number of carbonyl (C=O) groups excluding carboxylic acids is 1. The maximum atomic E-state index is 12.8. The molecular weight excluding hydrogens is 352 g/mol. The van der Waals surface area contributed by atoms with Gasteiger partial charge in [0.1, 0.15) is 0 Å². The van der Waals surface area contributed by atoms with Crippen molar-refractivity contribution in [3.05, 3.63) is 17.5 Å². The smallest absolute Gasteiger partial charge is 0.225 e. The molecule has 2 saturated carbocycles. The van der Waals surface area contributed by atoms with Crippen LogP contribution in [-0.2, 0) is 29.0 Å². The summed E-state index contributed by atoms with van der Waals surface area (Å²) in [6.07, 6.45) is 9.12. The number of amides is 1. The van der Waals surface area contributed by atoms with Crippen molar-refractivity contribution in [2.24, 2.45) is 5.92 Å². The van der Waals surface area contributed by atoms with Crippen molar-refractivity contribution in [1.29, 1.82) is 0 Å². The highest BCUT2D eigenvalue weighted by molar-refractivity contribution is 5.76. The van der Waals surface area contributed by atoms with Gasteiger partial charge in [-0.3, -0.25) is 14.4 Å². The van der Waals surface area contributed by atoms with Gasteiger partial charge < -0.3 is 9.64 Å². The zero-order valence-electron chi connectivity index (χ0n) is 17.4. The summed E-state index contributed by atoms with van der Waals surface area (Å²) in [5.41, 5.74) is 2.75. The van der Waals surface area contributed by atoms with Crippen molar-refractivity contribution in [3.63, 3.8) is 0 Å². The Hall–Kier alpha value is -1.40. The SMILES string of the molecule is CC(C1CC1)N(C)C(=O)CC1CN(Cc2cc3n(n2)CCC3)C2(CCC2)CO1. The van der Waals surface area contributed by atoms with Crippen molar-refractivity contribution in [2.45, 2.75) is 89.1 Å². The number of rotatable bonds is 6. The van der Waals surface area contributed by atoms with Crippen LogP contribution in [0.3, 0.4) is 0 Å². The van der Waals surface area contributed by atoms with E-state index in [0.29, 0.717) is 18.4 Å². The summed E-state index contributed by atoms with van der Waals surface area (Å²) in [4.78, 5) is 17.3. The van der Waals surface area contributed by atoms with Crippen molar-refractivity contribution in [3.8, 4) is 0 Å². The van der Waals surface area contributed by atoms with Crippen LogP contribution in [-0.4, -0.2) is 63.4 Å². The molecule has 2 aliphatic carbocycles. The van der Waals surface area contributed by atoms with E-state index >= 15 is 0 Å². The number of ether oxygens (including phenoxy) is 1. The van der Waals surface area contributed by atoms with Gasteiger partial charge in [0, 0.05) is 44.0 Å². The summed E-state index contributed by atoms with van der Waals surface area (Å²) >= 11 is 0. The summed E-state index contributed by atoms with van der Waals surface area (Å²) in [5.74, 6) is 0.939. The Labute approximate surface area is 168 Å². The Morgan fingerprint density at radius 1 is 1.39 bits per heavy atom. The number of nitrogens with zero attached hydrogens (tertiary/aromatic N) is 4. The molecule has 1 saturated heterocycles. The minimum Gasteiger partial charge on any atom is -0.374 e. The van der Waals surface area contributed by atoms with Gasteiger partial charge in [0.2, 0.25) is 5.91 Å². The van der Waals surface area contributed by atoms with Crippen LogP contribution in [0.25, 0.3) is 0 Å². The van der Waals surface area contributed by atoms with Crippen LogP contribution >= 0.6 is 0 Å². The lowest BCUT2D eigenvalue weighted by atomic mass is 9.74. The molecule has 6 nitrogen and oxygen atoms in total. The molecule has 154 valence electrons. The zero-order chi connectivity index (χ0) is 19.3. The first-order valence-electron chi connectivity index (χ1n) is 11.2. The molecule has 1 aromatic rings. The predicted molar refractivity (Wildman–Crippen MR) is 107 cm³/mol. The van der Waals surface area contributed by atoms with Crippen LogP contribution in [0, 0.1) is 5.92 Å². The fourth-order valence-electron chi connectivity index (χ4n) is 5.31. The summed E-state index contributed by atoms with van der Waals surface area (Å²) in [7, 11) is 1.96. The molecule has 4 aliphatic rings. The molecule has 3 fully saturated rings. The molecule has 0 aromatic carbocycles. The summed E-state index contributed by atoms with van der Waals surface area (Å²) in [5, 5.41) is 4.83. The summed E-state index contributed by atoms with van der Waals surface area (Å²) in [6, 6.07) is 2.65. The van der Waals surface area contributed by atoms with E-state index in [1.807, 2.05) is 11.9 Å². The topological polar surface area (TPSA) is 50.6 Å². The van der Waals surface area contributed by atoms with Crippen LogP contribution < -0.4 is 0 Å². The van der Waals surface area contributed by atoms with E-state index in [1.165, 1.54) is 49.9 Å². The van der Waals surface area contributed by atoms with Gasteiger partial charge in [0.25, 0.3) is 0 Å². The molecule has 1 spiro atoms. The molecule has 2 unspecified atom stereocenters. The standard InChI is InChI=1S/C22H34N4O2/c1-16(17-6-7-17)24(2)21(27)12-20-14-25(22(15-28-20)8-4-9-22)13-18-11-19-5-3-10-26(19)23-18/h11,16-17,20H,3-10,12-15H2,1-2H3. The maximum Gasteiger partial charge on any atom is 0.225 e. The van der Waals surface area contributed by atoms with Crippen molar-refractivity contribution < 1.29 is 9.53 Å². The van der Waals surface area contributed by atoms with E-state index in [1.54, 1.807) is 0 Å². The highest BCUT2D eigenvalue weighted by atomic mass is 16.5. The van der Waals surface area contributed by atoms with Crippen LogP contribution in [0.4, 0.5) is 0 Å². The second-order valence-corrected chi connectivity index (χ2v) is 9.63. The minimum atomic E-state index is 0.00189. The molecule has 3 heterocycles. The van der Waals surface area contributed by atoms with Gasteiger partial charge in [0.05, 0.1) is 24.8 Å². The second kappa shape index (κ2) is 7.13. The number of carbonyl (C=O) groups is 1. The highest BCUT2D eigenvalue weighted by Gasteiger charge is 2.47. The molecule has 0 radical (unpaired) electrons. The van der Waals surface area contributed by atoms with Crippen molar-refractivity contribution in [1.82, 2.24) is 19.6 Å². The van der Waals surface area contributed by atoms with E-state index in [0.717, 1.165) is 32.7 Å². The van der Waals surface area contributed by atoms with Crippen molar-refractivity contribution >= 4 is 5.91 Å². The van der Waals surface area contributed by atoms with Crippen LogP contribution in [0.15, 0.2) is 6.07 Å². The number of morpholine rings is 1. The van der Waals surface area contributed by atoms with Crippen molar-refractivity contribution in [2.75, 3.05) is 20.2 Å².